The number of ether oxygens (including phenoxy) is 1. The van der Waals surface area contributed by atoms with Crippen LogP contribution in [-0.4, -0.2) is 28.3 Å². The summed E-state index contributed by atoms with van der Waals surface area (Å²) >= 11 is 1.40. The average Bonchev–Trinajstić information content (AvgIpc) is 3.41. The second-order valence-corrected chi connectivity index (χ2v) is 9.95. The lowest BCUT2D eigenvalue weighted by Gasteiger charge is -2.15. The van der Waals surface area contributed by atoms with Crippen LogP contribution in [0.5, 0.6) is 0 Å². The molecule has 1 atom stereocenters. The van der Waals surface area contributed by atoms with Crippen LogP contribution in [0.3, 0.4) is 0 Å². The van der Waals surface area contributed by atoms with Gasteiger partial charge in [0, 0.05) is 16.5 Å². The zero-order valence-electron chi connectivity index (χ0n) is 18.8. The minimum Gasteiger partial charge on any atom is -0.462 e. The molecule has 0 aromatic carbocycles. The molecular formula is C23H28F3N3O3S. The average molecular weight is 484 g/mol. The molecule has 1 unspecified atom stereocenters. The van der Waals surface area contributed by atoms with Gasteiger partial charge in [0.05, 0.1) is 24.6 Å². The second-order valence-electron chi connectivity index (χ2n) is 8.85. The molecule has 180 valence electrons. The molecule has 1 N–H and O–H groups in total. The molecule has 10 heteroatoms. The lowest BCUT2D eigenvalue weighted by molar-refractivity contribution is -0.141. The molecule has 0 aliphatic heterocycles. The highest BCUT2D eigenvalue weighted by Gasteiger charge is 2.38. The molecule has 0 bridgehead atoms. The summed E-state index contributed by atoms with van der Waals surface area (Å²) < 4.78 is 46.2. The van der Waals surface area contributed by atoms with E-state index < -0.39 is 23.8 Å². The summed E-state index contributed by atoms with van der Waals surface area (Å²) in [4.78, 5) is 26.8. The van der Waals surface area contributed by atoms with Crippen molar-refractivity contribution in [3.63, 3.8) is 0 Å². The van der Waals surface area contributed by atoms with Crippen LogP contribution in [0.2, 0.25) is 0 Å². The number of amides is 1. The molecule has 0 spiro atoms. The van der Waals surface area contributed by atoms with E-state index in [1.807, 2.05) is 6.92 Å². The molecule has 1 saturated carbocycles. The number of aryl methyl sites for hydroxylation is 1. The third-order valence-electron chi connectivity index (χ3n) is 6.04. The van der Waals surface area contributed by atoms with Crippen LogP contribution in [0.4, 0.5) is 18.2 Å². The van der Waals surface area contributed by atoms with Crippen molar-refractivity contribution in [1.82, 2.24) is 9.78 Å². The van der Waals surface area contributed by atoms with E-state index in [4.69, 9.17) is 4.74 Å². The molecule has 1 fully saturated rings. The maximum absolute atomic E-state index is 13.2. The van der Waals surface area contributed by atoms with Gasteiger partial charge >= 0.3 is 12.1 Å². The normalized spacial score (nSPS) is 16.9. The number of esters is 1. The molecule has 2 aromatic heterocycles. The Morgan fingerprint density at radius 1 is 1.30 bits per heavy atom. The van der Waals surface area contributed by atoms with Gasteiger partial charge < -0.3 is 10.1 Å². The number of anilines is 1. The SMILES string of the molecule is CCCOC(=O)c1c(NC(=O)C(C)Cn2nc(C(F)(F)F)cc2C2CC2)sc2c1CCCC2. The Morgan fingerprint density at radius 3 is 2.70 bits per heavy atom. The van der Waals surface area contributed by atoms with E-state index in [2.05, 4.69) is 10.4 Å². The highest BCUT2D eigenvalue weighted by molar-refractivity contribution is 7.17. The molecule has 33 heavy (non-hydrogen) atoms. The quantitative estimate of drug-likeness (QED) is 0.499. The van der Waals surface area contributed by atoms with Crippen molar-refractivity contribution in [2.45, 2.75) is 77.4 Å². The maximum Gasteiger partial charge on any atom is 0.435 e. The van der Waals surface area contributed by atoms with Crippen LogP contribution < -0.4 is 5.32 Å². The second kappa shape index (κ2) is 9.48. The zero-order valence-corrected chi connectivity index (χ0v) is 19.6. The summed E-state index contributed by atoms with van der Waals surface area (Å²) in [5.41, 5.74) is 0.982. The lowest BCUT2D eigenvalue weighted by Crippen LogP contribution is -2.26. The smallest absolute Gasteiger partial charge is 0.435 e. The largest absolute Gasteiger partial charge is 0.462 e. The van der Waals surface area contributed by atoms with Crippen molar-refractivity contribution in [2.75, 3.05) is 11.9 Å². The topological polar surface area (TPSA) is 73.2 Å². The summed E-state index contributed by atoms with van der Waals surface area (Å²) in [6.45, 7) is 3.91. The first-order chi connectivity index (χ1) is 15.7. The minimum atomic E-state index is -4.52. The number of rotatable bonds is 8. The summed E-state index contributed by atoms with van der Waals surface area (Å²) in [5.74, 6) is -1.36. The third kappa shape index (κ3) is 5.26. The number of carbonyl (C=O) groups excluding carboxylic acids is 2. The minimum absolute atomic E-state index is 0.0362. The van der Waals surface area contributed by atoms with E-state index in [0.29, 0.717) is 29.3 Å². The van der Waals surface area contributed by atoms with Crippen LogP contribution in [0.25, 0.3) is 0 Å². The van der Waals surface area contributed by atoms with Gasteiger partial charge in [-0.2, -0.15) is 18.3 Å². The number of nitrogens with zero attached hydrogens (tertiary/aromatic N) is 2. The van der Waals surface area contributed by atoms with Gasteiger partial charge in [-0.25, -0.2) is 4.79 Å². The predicted octanol–water partition coefficient (Wildman–Crippen LogP) is 5.56. The zero-order chi connectivity index (χ0) is 23.8. The summed E-state index contributed by atoms with van der Waals surface area (Å²) in [6, 6.07) is 1.09. The molecular weight excluding hydrogens is 455 g/mol. The number of hydrogen-bond acceptors (Lipinski definition) is 5. The number of thiophene rings is 1. The number of nitrogens with one attached hydrogen (secondary N) is 1. The van der Waals surface area contributed by atoms with Crippen molar-refractivity contribution in [2.24, 2.45) is 5.92 Å². The highest BCUT2D eigenvalue weighted by atomic mass is 32.1. The van der Waals surface area contributed by atoms with Crippen LogP contribution in [-0.2, 0) is 35.1 Å². The number of fused-ring (bicyclic) bond motifs is 1. The van der Waals surface area contributed by atoms with Crippen LogP contribution >= 0.6 is 11.3 Å². The van der Waals surface area contributed by atoms with Crippen molar-refractivity contribution in [1.29, 1.82) is 0 Å². The summed E-state index contributed by atoms with van der Waals surface area (Å²) in [6.07, 6.45) is 1.47. The van der Waals surface area contributed by atoms with Gasteiger partial charge in [0.2, 0.25) is 5.91 Å². The first-order valence-corrected chi connectivity index (χ1v) is 12.3. The fourth-order valence-electron chi connectivity index (χ4n) is 4.14. The Balaban J connectivity index is 1.52. The van der Waals surface area contributed by atoms with Crippen LogP contribution in [0.1, 0.15) is 84.1 Å². The van der Waals surface area contributed by atoms with E-state index in [1.165, 1.54) is 16.0 Å². The summed E-state index contributed by atoms with van der Waals surface area (Å²) in [5, 5.41) is 7.08. The van der Waals surface area contributed by atoms with Gasteiger partial charge in [0.1, 0.15) is 5.00 Å². The van der Waals surface area contributed by atoms with Gasteiger partial charge in [-0.05, 0) is 56.6 Å². The lowest BCUT2D eigenvalue weighted by atomic mass is 9.95. The van der Waals surface area contributed by atoms with Crippen molar-refractivity contribution < 1.29 is 27.5 Å². The summed E-state index contributed by atoms with van der Waals surface area (Å²) in [7, 11) is 0. The molecule has 0 radical (unpaired) electrons. The number of aromatic nitrogens is 2. The Bertz CT molecular complexity index is 1040. The molecule has 2 heterocycles. The molecule has 2 aliphatic carbocycles. The highest BCUT2D eigenvalue weighted by Crippen LogP contribution is 2.42. The van der Waals surface area contributed by atoms with Gasteiger partial charge in [0.25, 0.3) is 0 Å². The Labute approximate surface area is 194 Å². The molecule has 2 aromatic rings. The van der Waals surface area contributed by atoms with E-state index in [0.717, 1.165) is 55.0 Å². The van der Waals surface area contributed by atoms with Crippen LogP contribution in [0, 0.1) is 5.92 Å². The Morgan fingerprint density at radius 2 is 2.03 bits per heavy atom. The van der Waals surface area contributed by atoms with E-state index in [9.17, 15) is 22.8 Å². The van der Waals surface area contributed by atoms with Gasteiger partial charge in [-0.3, -0.25) is 9.48 Å². The maximum atomic E-state index is 13.2. The van der Waals surface area contributed by atoms with Gasteiger partial charge in [0.15, 0.2) is 5.69 Å². The molecule has 0 saturated heterocycles. The first-order valence-electron chi connectivity index (χ1n) is 11.5. The van der Waals surface area contributed by atoms with Crippen molar-refractivity contribution in [3.8, 4) is 0 Å². The third-order valence-corrected chi connectivity index (χ3v) is 7.25. The number of alkyl halides is 3. The fraction of sp³-hybridized carbons (Fsp3) is 0.609. The Hall–Kier alpha value is -2.36. The molecule has 4 rings (SSSR count). The van der Waals surface area contributed by atoms with E-state index in [1.54, 1.807) is 6.92 Å². The molecule has 6 nitrogen and oxygen atoms in total. The molecule has 1 amide bonds. The van der Waals surface area contributed by atoms with Gasteiger partial charge in [-0.15, -0.1) is 11.3 Å². The Kier molecular flexibility index (Phi) is 6.83. The van der Waals surface area contributed by atoms with Gasteiger partial charge in [-0.1, -0.05) is 13.8 Å². The monoisotopic (exact) mass is 483 g/mol. The van der Waals surface area contributed by atoms with Crippen LogP contribution in [0.15, 0.2) is 6.07 Å². The van der Waals surface area contributed by atoms with E-state index in [-0.39, 0.29) is 18.4 Å². The van der Waals surface area contributed by atoms with Crippen molar-refractivity contribution in [3.05, 3.63) is 33.5 Å². The first kappa shape index (κ1) is 23.8. The van der Waals surface area contributed by atoms with E-state index >= 15 is 0 Å². The number of hydrogen-bond donors (Lipinski definition) is 1. The van der Waals surface area contributed by atoms with Crippen molar-refractivity contribution >= 4 is 28.2 Å². The molecule has 2 aliphatic rings. The number of carbonyl (C=O) groups is 2. The number of halogens is 3. The standard InChI is InChI=1S/C23H28F3N3O3S/c1-3-10-32-22(31)19-15-6-4-5-7-17(15)33-21(19)27-20(30)13(2)12-29-16(14-8-9-14)11-18(28-29)23(24,25)26/h11,13-14H,3-10,12H2,1-2H3,(H,27,30). The predicted molar refractivity (Wildman–Crippen MR) is 119 cm³/mol. The fourth-order valence-corrected chi connectivity index (χ4v) is 5.42.